The Morgan fingerprint density at radius 1 is 0.540 bits per heavy atom. The van der Waals surface area contributed by atoms with Crippen molar-refractivity contribution < 1.29 is 67.5 Å². The molecule has 0 aromatic rings. The van der Waals surface area contributed by atoms with E-state index in [1.54, 1.807) is 21.3 Å². The molecule has 0 aliphatic rings. The van der Waals surface area contributed by atoms with Crippen LogP contribution in [0.4, 0.5) is 0 Å². The number of rotatable bonds is 23. The maximum Gasteiger partial charge on any atom is 0.305 e. The average Bonchev–Trinajstić information content (AvgIpc) is 3.02. The number of hydrogen-bond donors (Lipinski definition) is 2. The molecule has 0 radical (unpaired) electrons. The third-order valence-electron chi connectivity index (χ3n) is 5.38. The summed E-state index contributed by atoms with van der Waals surface area (Å²) in [6.45, 7) is 4.57. The fourth-order valence-electron chi connectivity index (χ4n) is 2.70. The Bertz CT molecular complexity index is 902. The topological polar surface area (TPSA) is 220 Å². The highest BCUT2D eigenvalue weighted by molar-refractivity contribution is 9.09. The molecule has 50 heavy (non-hydrogen) atoms. The number of carbonyl (C=O) groups excluding carboxylic acids is 6. The molecule has 0 amide bonds. The van der Waals surface area contributed by atoms with Gasteiger partial charge in [-0.25, -0.2) is 0 Å². The molecule has 16 nitrogen and oxygen atoms in total. The first-order chi connectivity index (χ1) is 22.0. The summed E-state index contributed by atoms with van der Waals surface area (Å²) in [5.74, 6) is -2.60. The number of esters is 2. The number of alkyl halides is 1. The second-order valence-corrected chi connectivity index (χ2v) is 10.4. The molecule has 0 aliphatic heterocycles. The molecule has 0 fully saturated rings. The van der Waals surface area contributed by atoms with E-state index in [1.165, 1.54) is 21.1 Å². The number of likely N-dealkylation sites (N-methyl/N-ethyl adjacent to an activating group) is 2. The molecule has 0 bridgehead atoms. The van der Waals surface area contributed by atoms with Gasteiger partial charge in [0.2, 0.25) is 0 Å². The van der Waals surface area contributed by atoms with Gasteiger partial charge >= 0.3 is 23.9 Å². The molecule has 298 valence electrons. The smallest absolute Gasteiger partial charge is 0.305 e. The molecule has 0 spiro atoms. The minimum absolute atomic E-state index is 0. The predicted octanol–water partition coefficient (Wildman–Crippen LogP) is 3.34. The second kappa shape index (κ2) is 43.9. The quantitative estimate of drug-likeness (QED) is 0.112. The van der Waals surface area contributed by atoms with Crippen LogP contribution in [0.1, 0.15) is 80.6 Å². The summed E-state index contributed by atoms with van der Waals surface area (Å²) in [7, 11) is 9.48. The Labute approximate surface area is 307 Å². The molecule has 0 aromatic heterocycles. The van der Waals surface area contributed by atoms with Crippen LogP contribution in [-0.2, 0) is 57.3 Å². The van der Waals surface area contributed by atoms with E-state index in [9.17, 15) is 38.4 Å². The molecule has 0 unspecified atom stereocenters. The van der Waals surface area contributed by atoms with Gasteiger partial charge in [0.05, 0.1) is 71.5 Å². The third kappa shape index (κ3) is 57.2. The van der Waals surface area contributed by atoms with Gasteiger partial charge in [0.15, 0.2) is 0 Å². The lowest BCUT2D eigenvalue weighted by molar-refractivity contribution is -0.142. The maximum atomic E-state index is 11.3. The molecule has 0 atom stereocenters. The fourth-order valence-corrected chi connectivity index (χ4v) is 2.98. The Kier molecular flexibility index (Phi) is 54.5. The van der Waals surface area contributed by atoms with E-state index >= 15 is 0 Å². The van der Waals surface area contributed by atoms with Crippen LogP contribution in [0.2, 0.25) is 0 Å². The van der Waals surface area contributed by atoms with Crippen LogP contribution in [0.25, 0.3) is 0 Å². The number of ether oxygens (including phenoxy) is 4. The highest BCUT2D eigenvalue weighted by Gasteiger charge is 2.10. The monoisotopic (exact) mass is 792 g/mol. The first-order valence-corrected chi connectivity index (χ1v) is 15.6. The summed E-state index contributed by atoms with van der Waals surface area (Å²) in [4.78, 5) is 88.0. The van der Waals surface area contributed by atoms with E-state index in [4.69, 9.17) is 19.7 Å². The fraction of sp³-hybridized carbons (Fsp3) is 0.758. The van der Waals surface area contributed by atoms with Crippen molar-refractivity contribution in [2.75, 3.05) is 87.3 Å². The molecule has 0 saturated carbocycles. The normalized spacial score (nSPS) is 9.24. The van der Waals surface area contributed by atoms with Crippen LogP contribution < -0.4 is 0 Å². The van der Waals surface area contributed by atoms with Gasteiger partial charge in [0, 0.05) is 53.0 Å². The number of aliphatic carboxylic acids is 2. The van der Waals surface area contributed by atoms with Crippen LogP contribution in [-0.4, -0.2) is 154 Å². The largest absolute Gasteiger partial charge is 0.481 e. The molecular formula is C33H65BrN2O14. The van der Waals surface area contributed by atoms with E-state index in [0.717, 1.165) is 0 Å². The highest BCUT2D eigenvalue weighted by Crippen LogP contribution is 1.97. The van der Waals surface area contributed by atoms with Gasteiger partial charge < -0.3 is 34.0 Å². The number of ketones is 4. The molecule has 17 heteroatoms. The van der Waals surface area contributed by atoms with Gasteiger partial charge in [-0.15, -0.1) is 0 Å². The lowest BCUT2D eigenvalue weighted by Crippen LogP contribution is -2.29. The highest BCUT2D eigenvalue weighted by atomic mass is 79.9. The lowest BCUT2D eigenvalue weighted by atomic mass is 10.2. The first kappa shape index (κ1) is 62.0. The SMILES string of the molecule is C.C.C.CC(=O)CCC(=O)O.COC(=O)CCC(=O)CBr.COCCN(C)CC(=O)CCC(=O)O.COCCN(C)CC(=O)CCC(=O)OC. The number of hydrogen-bond acceptors (Lipinski definition) is 14. The number of carbonyl (C=O) groups is 8. The van der Waals surface area contributed by atoms with E-state index in [1.807, 2.05) is 16.8 Å². The van der Waals surface area contributed by atoms with Gasteiger partial charge in [-0.3, -0.25) is 43.4 Å². The number of carboxylic acids is 2. The second-order valence-electron chi connectivity index (χ2n) is 9.85. The average molecular weight is 794 g/mol. The molecular weight excluding hydrogens is 728 g/mol. The van der Waals surface area contributed by atoms with Crippen molar-refractivity contribution in [1.82, 2.24) is 9.80 Å². The summed E-state index contributed by atoms with van der Waals surface area (Å²) in [6.07, 6.45) is 0.963. The Morgan fingerprint density at radius 2 is 0.860 bits per heavy atom. The van der Waals surface area contributed by atoms with Crippen LogP contribution in [0.3, 0.4) is 0 Å². The number of nitrogens with zero attached hydrogens (tertiary/aromatic N) is 2. The van der Waals surface area contributed by atoms with Crippen LogP contribution in [0, 0.1) is 0 Å². The Morgan fingerprint density at radius 3 is 1.12 bits per heavy atom. The van der Waals surface area contributed by atoms with Crippen molar-refractivity contribution in [2.24, 2.45) is 0 Å². The first-order valence-electron chi connectivity index (χ1n) is 14.5. The van der Waals surface area contributed by atoms with Crippen molar-refractivity contribution in [3.05, 3.63) is 0 Å². The van der Waals surface area contributed by atoms with Crippen LogP contribution in [0.15, 0.2) is 0 Å². The molecule has 0 heterocycles. The Balaban J connectivity index is -0.0000000991. The van der Waals surface area contributed by atoms with Gasteiger partial charge in [-0.05, 0) is 21.0 Å². The number of halogens is 1. The molecule has 0 aromatic carbocycles. The standard InChI is InChI=1S/C10H19NO4.C9H17NO4.C6H9BrO3.C5H8O3.3CH4/c1-11(6-7-14-2)8-9(12)4-5-10(13)15-3;1-10(5-6-14-2)7-8(11)3-4-9(12)13;1-10-6(9)3-2-5(8)4-7;1-4(6)2-3-5(7)8;;;/h4-8H2,1-3H3;3-7H2,1-2H3,(H,12,13);2-4H2,1H3;2-3H2,1H3,(H,7,8);3*1H4. The van der Waals surface area contributed by atoms with Gasteiger partial charge in [0.25, 0.3) is 0 Å². The van der Waals surface area contributed by atoms with Crippen molar-refractivity contribution in [1.29, 1.82) is 0 Å². The number of carboxylic acid groups (broad SMARTS) is 2. The van der Waals surface area contributed by atoms with E-state index in [0.29, 0.717) is 38.2 Å². The summed E-state index contributed by atoms with van der Waals surface area (Å²) in [5.41, 5.74) is 0. The van der Waals surface area contributed by atoms with E-state index in [-0.39, 0.29) is 115 Å². The zero-order valence-electron chi connectivity index (χ0n) is 28.7. The van der Waals surface area contributed by atoms with Crippen molar-refractivity contribution in [3.8, 4) is 0 Å². The molecule has 0 aliphatic carbocycles. The van der Waals surface area contributed by atoms with Crippen LogP contribution >= 0.6 is 15.9 Å². The zero-order valence-corrected chi connectivity index (χ0v) is 30.3. The lowest BCUT2D eigenvalue weighted by Gasteiger charge is -2.14. The summed E-state index contributed by atoms with van der Waals surface area (Å²) in [6, 6.07) is 0. The van der Waals surface area contributed by atoms with E-state index < -0.39 is 11.9 Å². The van der Waals surface area contributed by atoms with E-state index in [2.05, 4.69) is 25.4 Å². The van der Waals surface area contributed by atoms with Gasteiger partial charge in [-0.2, -0.15) is 0 Å². The summed E-state index contributed by atoms with van der Waals surface area (Å²) < 4.78 is 18.5. The van der Waals surface area contributed by atoms with Crippen LogP contribution in [0.5, 0.6) is 0 Å². The molecule has 2 N–H and O–H groups in total. The summed E-state index contributed by atoms with van der Waals surface area (Å²) >= 11 is 2.99. The zero-order chi connectivity index (χ0) is 37.2. The van der Waals surface area contributed by atoms with Crippen molar-refractivity contribution >= 4 is 62.9 Å². The van der Waals surface area contributed by atoms with Crippen molar-refractivity contribution in [2.45, 2.75) is 80.6 Å². The van der Waals surface area contributed by atoms with Gasteiger partial charge in [0.1, 0.15) is 23.1 Å². The van der Waals surface area contributed by atoms with Gasteiger partial charge in [-0.1, -0.05) is 38.2 Å². The predicted molar refractivity (Wildman–Crippen MR) is 195 cm³/mol. The number of Topliss-reactive ketones (excluding diaryl/α,β-unsaturated/α-hetero) is 4. The third-order valence-corrected chi connectivity index (χ3v) is 6.00. The molecule has 0 saturated heterocycles. The summed E-state index contributed by atoms with van der Waals surface area (Å²) in [5, 5.41) is 16.7. The minimum Gasteiger partial charge on any atom is -0.481 e. The minimum atomic E-state index is -0.933. The Hall–Kier alpha value is -3.12. The van der Waals surface area contributed by atoms with Crippen molar-refractivity contribution in [3.63, 3.8) is 0 Å². The number of methoxy groups -OCH3 is 4. The molecule has 0 rings (SSSR count). The maximum absolute atomic E-state index is 11.3.